The number of carbonyl (C=O) groups excluding carboxylic acids is 2. The molecule has 5 rings (SSSR count). The predicted molar refractivity (Wildman–Crippen MR) is 118 cm³/mol. The molecule has 2 aliphatic rings. The second-order valence-corrected chi connectivity index (χ2v) is 8.80. The van der Waals surface area contributed by atoms with Gasteiger partial charge in [0.05, 0.1) is 5.69 Å². The largest absolute Gasteiger partial charge is 0.338 e. The Balaban J connectivity index is 1.32. The third-order valence-corrected chi connectivity index (χ3v) is 5.84. The van der Waals surface area contributed by atoms with Crippen LogP contribution in [-0.4, -0.2) is 69.9 Å². The molecular formula is C23H26N6O2. The molecule has 0 atom stereocenters. The minimum atomic E-state index is -0.0147. The summed E-state index contributed by atoms with van der Waals surface area (Å²) in [5.41, 5.74) is 3.14. The maximum absolute atomic E-state index is 12.7. The highest BCUT2D eigenvalue weighted by molar-refractivity contribution is 5.95. The van der Waals surface area contributed by atoms with Gasteiger partial charge in [0.25, 0.3) is 5.91 Å². The molecule has 2 aromatic heterocycles. The van der Waals surface area contributed by atoms with E-state index in [1.54, 1.807) is 4.52 Å². The van der Waals surface area contributed by atoms with Gasteiger partial charge < -0.3 is 9.80 Å². The van der Waals surface area contributed by atoms with E-state index in [2.05, 4.69) is 34.4 Å². The summed E-state index contributed by atoms with van der Waals surface area (Å²) in [6, 6.07) is 13.3. The first-order valence-electron chi connectivity index (χ1n) is 10.7. The number of anilines is 1. The van der Waals surface area contributed by atoms with Crippen molar-refractivity contribution in [2.24, 2.45) is 11.8 Å². The number of nitrogens with one attached hydrogen (secondary N) is 1. The minimum Gasteiger partial charge on any atom is -0.338 e. The normalized spacial score (nSPS) is 16.5. The summed E-state index contributed by atoms with van der Waals surface area (Å²) in [5.74, 6) is 1.03. The summed E-state index contributed by atoms with van der Waals surface area (Å²) in [6.45, 7) is 2.63. The number of hydrogen-bond donors (Lipinski definition) is 1. The maximum atomic E-state index is 12.7. The third kappa shape index (κ3) is 4.03. The van der Waals surface area contributed by atoms with Crippen molar-refractivity contribution in [3.05, 3.63) is 48.0 Å². The Kier molecular flexibility index (Phi) is 4.94. The average Bonchev–Trinajstić information content (AvgIpc) is 3.50. The number of fused-ring (bicyclic) bond motifs is 1. The number of carbonyl (C=O) groups is 2. The minimum absolute atomic E-state index is 0.0147. The summed E-state index contributed by atoms with van der Waals surface area (Å²) < 4.78 is 1.72. The fourth-order valence-corrected chi connectivity index (χ4v) is 4.07. The first-order valence-corrected chi connectivity index (χ1v) is 10.7. The number of rotatable bonds is 6. The fourth-order valence-electron chi connectivity index (χ4n) is 4.07. The third-order valence-electron chi connectivity index (χ3n) is 5.84. The molecule has 0 spiro atoms. The molecule has 1 N–H and O–H groups in total. The van der Waals surface area contributed by atoms with Crippen LogP contribution in [0.15, 0.2) is 42.5 Å². The average molecular weight is 419 g/mol. The standard InChI is InChI=1S/C23H26N6O2/c1-27(2)12-15-13-28(14-15)22(31)18-10-6-16(7-11-18)19-4-3-5-20-24-23(26-29(19)20)25-21(30)17-8-9-17/h3-7,10-11,15,17H,8-9,12-14H2,1-2H3,(H,25,26,30). The van der Waals surface area contributed by atoms with Crippen molar-refractivity contribution >= 4 is 23.4 Å². The van der Waals surface area contributed by atoms with Crippen molar-refractivity contribution in [2.45, 2.75) is 12.8 Å². The molecule has 0 bridgehead atoms. The van der Waals surface area contributed by atoms with E-state index in [9.17, 15) is 9.59 Å². The molecule has 2 fully saturated rings. The molecule has 2 amide bonds. The second-order valence-electron chi connectivity index (χ2n) is 8.80. The highest BCUT2D eigenvalue weighted by Crippen LogP contribution is 2.30. The maximum Gasteiger partial charge on any atom is 0.253 e. The number of pyridine rings is 1. The van der Waals surface area contributed by atoms with Crippen molar-refractivity contribution in [3.8, 4) is 11.3 Å². The van der Waals surface area contributed by atoms with E-state index in [4.69, 9.17) is 0 Å². The van der Waals surface area contributed by atoms with E-state index < -0.39 is 0 Å². The molecule has 31 heavy (non-hydrogen) atoms. The lowest BCUT2D eigenvalue weighted by Crippen LogP contribution is -2.53. The Morgan fingerprint density at radius 2 is 1.84 bits per heavy atom. The molecule has 1 aliphatic carbocycles. The van der Waals surface area contributed by atoms with Gasteiger partial charge in [0.15, 0.2) is 5.65 Å². The Labute approximate surface area is 180 Å². The molecule has 0 radical (unpaired) electrons. The highest BCUT2D eigenvalue weighted by atomic mass is 16.2. The lowest BCUT2D eigenvalue weighted by Gasteiger charge is -2.40. The fraction of sp³-hybridized carbons (Fsp3) is 0.391. The van der Waals surface area contributed by atoms with Gasteiger partial charge in [-0.2, -0.15) is 4.98 Å². The van der Waals surface area contributed by atoms with Crippen LogP contribution in [0.1, 0.15) is 23.2 Å². The number of amides is 2. The number of likely N-dealkylation sites (tertiary alicyclic amines) is 1. The van der Waals surface area contributed by atoms with Crippen molar-refractivity contribution in [1.29, 1.82) is 0 Å². The van der Waals surface area contributed by atoms with E-state index >= 15 is 0 Å². The predicted octanol–water partition coefficient (Wildman–Crippen LogP) is 2.38. The molecule has 1 saturated heterocycles. The van der Waals surface area contributed by atoms with Crippen LogP contribution in [0.25, 0.3) is 16.9 Å². The van der Waals surface area contributed by atoms with Gasteiger partial charge in [-0.3, -0.25) is 14.9 Å². The zero-order valence-corrected chi connectivity index (χ0v) is 17.8. The van der Waals surface area contributed by atoms with E-state index in [1.807, 2.05) is 47.4 Å². The van der Waals surface area contributed by atoms with Crippen LogP contribution in [0.3, 0.4) is 0 Å². The summed E-state index contributed by atoms with van der Waals surface area (Å²) in [4.78, 5) is 33.2. The van der Waals surface area contributed by atoms with Gasteiger partial charge in [0.2, 0.25) is 11.9 Å². The number of benzene rings is 1. The Morgan fingerprint density at radius 1 is 1.10 bits per heavy atom. The molecule has 0 unspecified atom stereocenters. The van der Waals surface area contributed by atoms with Crippen molar-refractivity contribution < 1.29 is 9.59 Å². The van der Waals surface area contributed by atoms with Gasteiger partial charge in [0.1, 0.15) is 0 Å². The Bertz CT molecular complexity index is 1130. The van der Waals surface area contributed by atoms with Crippen LogP contribution in [0.4, 0.5) is 5.95 Å². The smallest absolute Gasteiger partial charge is 0.253 e. The van der Waals surface area contributed by atoms with Gasteiger partial charge >= 0.3 is 0 Å². The summed E-state index contributed by atoms with van der Waals surface area (Å²) >= 11 is 0. The first kappa shape index (κ1) is 19.7. The summed E-state index contributed by atoms with van der Waals surface area (Å²) in [5, 5.41) is 7.28. The molecule has 3 aromatic rings. The SMILES string of the molecule is CN(C)CC1CN(C(=O)c2ccc(-c3cccc4nc(NC(=O)C5CC5)nn34)cc2)C1. The van der Waals surface area contributed by atoms with Gasteiger partial charge in [0, 0.05) is 42.6 Å². The van der Waals surface area contributed by atoms with Gasteiger partial charge in [-0.15, -0.1) is 5.10 Å². The number of hydrogen-bond acceptors (Lipinski definition) is 5. The van der Waals surface area contributed by atoms with Crippen LogP contribution in [-0.2, 0) is 4.79 Å². The summed E-state index contributed by atoms with van der Waals surface area (Å²) in [6.07, 6.45) is 1.87. The van der Waals surface area contributed by atoms with Crippen LogP contribution >= 0.6 is 0 Å². The second kappa shape index (κ2) is 7.77. The molecule has 8 nitrogen and oxygen atoms in total. The van der Waals surface area contributed by atoms with Gasteiger partial charge in [-0.1, -0.05) is 18.2 Å². The monoisotopic (exact) mass is 418 g/mol. The number of nitrogens with zero attached hydrogens (tertiary/aromatic N) is 5. The Morgan fingerprint density at radius 3 is 2.52 bits per heavy atom. The molecular weight excluding hydrogens is 392 g/mol. The van der Waals surface area contributed by atoms with E-state index in [0.717, 1.165) is 43.7 Å². The molecule has 1 aromatic carbocycles. The molecule has 1 aliphatic heterocycles. The Hall–Kier alpha value is -3.26. The van der Waals surface area contributed by atoms with E-state index in [1.165, 1.54) is 0 Å². The van der Waals surface area contributed by atoms with Crippen molar-refractivity contribution in [2.75, 3.05) is 39.0 Å². The van der Waals surface area contributed by atoms with Crippen LogP contribution in [0.5, 0.6) is 0 Å². The highest BCUT2D eigenvalue weighted by Gasteiger charge is 2.31. The topological polar surface area (TPSA) is 82.8 Å². The molecule has 1 saturated carbocycles. The molecule has 160 valence electrons. The zero-order chi connectivity index (χ0) is 21.5. The lowest BCUT2D eigenvalue weighted by molar-refractivity contribution is -0.117. The van der Waals surface area contributed by atoms with E-state index in [0.29, 0.717) is 23.1 Å². The number of aromatic nitrogens is 3. The van der Waals surface area contributed by atoms with Crippen molar-refractivity contribution in [3.63, 3.8) is 0 Å². The van der Waals surface area contributed by atoms with Crippen molar-refractivity contribution in [1.82, 2.24) is 24.4 Å². The summed E-state index contributed by atoms with van der Waals surface area (Å²) in [7, 11) is 4.12. The first-order chi connectivity index (χ1) is 15.0. The van der Waals surface area contributed by atoms with Crippen LogP contribution < -0.4 is 5.32 Å². The lowest BCUT2D eigenvalue weighted by atomic mass is 9.98. The zero-order valence-electron chi connectivity index (χ0n) is 17.8. The van der Waals surface area contributed by atoms with Crippen LogP contribution in [0, 0.1) is 11.8 Å². The van der Waals surface area contributed by atoms with E-state index in [-0.39, 0.29) is 17.7 Å². The molecule has 8 heteroatoms. The quantitative estimate of drug-likeness (QED) is 0.665. The molecule has 3 heterocycles. The van der Waals surface area contributed by atoms with Crippen LogP contribution in [0.2, 0.25) is 0 Å². The van der Waals surface area contributed by atoms with Gasteiger partial charge in [-0.25, -0.2) is 4.52 Å². The van der Waals surface area contributed by atoms with Gasteiger partial charge in [-0.05, 0) is 51.2 Å².